The van der Waals surface area contributed by atoms with E-state index in [1.807, 2.05) is 0 Å². The van der Waals surface area contributed by atoms with E-state index in [-0.39, 0.29) is 4.75 Å². The molecule has 1 rings (SSSR count). The Bertz CT molecular complexity index is 402. The number of Topliss-reactive ketones (excluding diaryl/α,β-unsaturated/α-hetero) is 1. The van der Waals surface area contributed by atoms with Crippen LogP contribution in [0.2, 0.25) is 0 Å². The molecule has 0 saturated carbocycles. The van der Waals surface area contributed by atoms with Crippen LogP contribution in [0, 0.1) is 13.8 Å². The summed E-state index contributed by atoms with van der Waals surface area (Å²) in [6, 6.07) is 6.27. The maximum absolute atomic E-state index is 11.8. The second-order valence-corrected chi connectivity index (χ2v) is 7.34. The van der Waals surface area contributed by atoms with Crippen molar-refractivity contribution in [2.75, 3.05) is 5.75 Å². The van der Waals surface area contributed by atoms with Crippen molar-refractivity contribution in [3.8, 4) is 0 Å². The summed E-state index contributed by atoms with van der Waals surface area (Å²) in [6.45, 7) is 10.6. The molecule has 0 saturated heterocycles. The van der Waals surface area contributed by atoms with Gasteiger partial charge in [0.05, 0.1) is 5.75 Å². The van der Waals surface area contributed by atoms with Crippen LogP contribution in [-0.4, -0.2) is 16.3 Å². The van der Waals surface area contributed by atoms with Crippen molar-refractivity contribution in [1.82, 2.24) is 0 Å². The van der Waals surface area contributed by atoms with Gasteiger partial charge in [0.2, 0.25) is 0 Å². The molecule has 1 aromatic rings. The molecule has 0 radical (unpaired) electrons. The van der Waals surface area contributed by atoms with Gasteiger partial charge in [0.1, 0.15) is 5.78 Å². The van der Waals surface area contributed by atoms with Gasteiger partial charge in [-0.1, -0.05) is 39.0 Å². The molecule has 0 aliphatic heterocycles. The predicted octanol–water partition coefficient (Wildman–Crippen LogP) is 3.95. The molecule has 1 aromatic carbocycles. The van der Waals surface area contributed by atoms with Crippen LogP contribution in [0.3, 0.4) is 0 Å². The second-order valence-electron chi connectivity index (χ2n) is 5.54. The van der Waals surface area contributed by atoms with Gasteiger partial charge in [-0.3, -0.25) is 4.79 Å². The largest absolute Gasteiger partial charge is 0.298 e. The SMILES string of the molecule is Cc1ccc(CC(=O)CSC(C)(C)C)cc1C. The van der Waals surface area contributed by atoms with Gasteiger partial charge in [0.15, 0.2) is 0 Å². The molecule has 0 aliphatic rings. The van der Waals surface area contributed by atoms with Gasteiger partial charge in [-0.25, -0.2) is 0 Å². The average molecular weight is 250 g/mol. The first-order chi connectivity index (χ1) is 7.78. The van der Waals surface area contributed by atoms with Crippen LogP contribution < -0.4 is 0 Å². The minimum atomic E-state index is 0.166. The van der Waals surface area contributed by atoms with Gasteiger partial charge in [0.25, 0.3) is 0 Å². The van der Waals surface area contributed by atoms with E-state index in [1.54, 1.807) is 11.8 Å². The van der Waals surface area contributed by atoms with Crippen LogP contribution >= 0.6 is 11.8 Å². The first-order valence-electron chi connectivity index (χ1n) is 6.00. The quantitative estimate of drug-likeness (QED) is 0.805. The standard InChI is InChI=1S/C15H22OS/c1-11-6-7-13(8-12(11)2)9-14(16)10-17-15(3,4)5/h6-8H,9-10H2,1-5H3. The molecule has 0 heterocycles. The number of benzene rings is 1. The summed E-state index contributed by atoms with van der Waals surface area (Å²) < 4.78 is 0.166. The van der Waals surface area contributed by atoms with E-state index < -0.39 is 0 Å². The lowest BCUT2D eigenvalue weighted by Crippen LogP contribution is -2.14. The lowest BCUT2D eigenvalue weighted by atomic mass is 10.0. The maximum Gasteiger partial charge on any atom is 0.147 e. The van der Waals surface area contributed by atoms with Crippen LogP contribution in [0.4, 0.5) is 0 Å². The Kier molecular flexibility index (Phi) is 4.81. The van der Waals surface area contributed by atoms with Crippen molar-refractivity contribution in [1.29, 1.82) is 0 Å². The molecule has 1 nitrogen and oxygen atoms in total. The summed E-state index contributed by atoms with van der Waals surface area (Å²) in [5.74, 6) is 0.921. The van der Waals surface area contributed by atoms with Crippen LogP contribution in [-0.2, 0) is 11.2 Å². The lowest BCUT2D eigenvalue weighted by Gasteiger charge is -2.16. The summed E-state index contributed by atoms with van der Waals surface area (Å²) in [6.07, 6.45) is 0.560. The number of hydrogen-bond acceptors (Lipinski definition) is 2. The van der Waals surface area contributed by atoms with Crippen molar-refractivity contribution in [2.24, 2.45) is 0 Å². The number of rotatable bonds is 4. The molecule has 94 valence electrons. The van der Waals surface area contributed by atoms with Gasteiger partial charge < -0.3 is 0 Å². The molecule has 2 heteroatoms. The number of hydrogen-bond donors (Lipinski definition) is 0. The third-order valence-corrected chi connectivity index (χ3v) is 3.97. The Hall–Kier alpha value is -0.760. The van der Waals surface area contributed by atoms with E-state index in [9.17, 15) is 4.79 Å². The van der Waals surface area contributed by atoms with Crippen LogP contribution in [0.5, 0.6) is 0 Å². The fourth-order valence-electron chi connectivity index (χ4n) is 1.49. The van der Waals surface area contributed by atoms with Crippen LogP contribution in [0.25, 0.3) is 0 Å². The zero-order valence-corrected chi connectivity index (χ0v) is 12.3. The zero-order valence-electron chi connectivity index (χ0n) is 11.5. The fourth-order valence-corrected chi connectivity index (χ4v) is 2.19. The van der Waals surface area contributed by atoms with E-state index in [0.717, 1.165) is 5.56 Å². The van der Waals surface area contributed by atoms with E-state index in [4.69, 9.17) is 0 Å². The highest BCUT2D eigenvalue weighted by atomic mass is 32.2. The fraction of sp³-hybridized carbons (Fsp3) is 0.533. The lowest BCUT2D eigenvalue weighted by molar-refractivity contribution is -0.116. The molecule has 0 N–H and O–H groups in total. The number of carbonyl (C=O) groups excluding carboxylic acids is 1. The first-order valence-corrected chi connectivity index (χ1v) is 6.98. The summed E-state index contributed by atoms with van der Waals surface area (Å²) in [7, 11) is 0. The molecule has 0 amide bonds. The maximum atomic E-state index is 11.8. The van der Waals surface area contributed by atoms with Crippen LogP contribution in [0.15, 0.2) is 18.2 Å². The smallest absolute Gasteiger partial charge is 0.147 e. The third-order valence-electron chi connectivity index (χ3n) is 2.64. The zero-order chi connectivity index (χ0) is 13.1. The Balaban J connectivity index is 2.54. The molecule has 17 heavy (non-hydrogen) atoms. The molecule has 0 unspecified atom stereocenters. The van der Waals surface area contributed by atoms with Crippen LogP contribution in [0.1, 0.15) is 37.5 Å². The van der Waals surface area contributed by atoms with Gasteiger partial charge in [-0.05, 0) is 30.5 Å². The second kappa shape index (κ2) is 5.72. The van der Waals surface area contributed by atoms with E-state index >= 15 is 0 Å². The summed E-state index contributed by atoms with van der Waals surface area (Å²) >= 11 is 1.72. The molecule has 0 spiro atoms. The minimum absolute atomic E-state index is 0.166. The highest BCUT2D eigenvalue weighted by molar-refractivity contribution is 8.01. The summed E-state index contributed by atoms with van der Waals surface area (Å²) in [4.78, 5) is 11.8. The molecule has 0 atom stereocenters. The Morgan fingerprint density at radius 3 is 2.35 bits per heavy atom. The van der Waals surface area contributed by atoms with Gasteiger partial charge in [-0.15, -0.1) is 11.8 Å². The normalized spacial score (nSPS) is 11.6. The number of carbonyl (C=O) groups is 1. The van der Waals surface area contributed by atoms with E-state index in [0.29, 0.717) is 18.0 Å². The van der Waals surface area contributed by atoms with E-state index in [2.05, 4.69) is 52.8 Å². The number of ketones is 1. The average Bonchev–Trinajstić information content (AvgIpc) is 2.20. The highest BCUT2D eigenvalue weighted by Gasteiger charge is 2.13. The molecule has 0 aromatic heterocycles. The third kappa shape index (κ3) is 5.40. The van der Waals surface area contributed by atoms with Gasteiger partial charge in [-0.2, -0.15) is 0 Å². The predicted molar refractivity (Wildman–Crippen MR) is 76.8 cm³/mol. The highest BCUT2D eigenvalue weighted by Crippen LogP contribution is 2.23. The topological polar surface area (TPSA) is 17.1 Å². The van der Waals surface area contributed by atoms with Crippen molar-refractivity contribution in [3.05, 3.63) is 34.9 Å². The van der Waals surface area contributed by atoms with Gasteiger partial charge >= 0.3 is 0 Å². The Labute approximate surface area is 109 Å². The van der Waals surface area contributed by atoms with Crippen molar-refractivity contribution >= 4 is 17.5 Å². The Morgan fingerprint density at radius 1 is 1.18 bits per heavy atom. The number of thioether (sulfide) groups is 1. The molecule has 0 aliphatic carbocycles. The molecule has 0 bridgehead atoms. The van der Waals surface area contributed by atoms with Crippen molar-refractivity contribution in [3.63, 3.8) is 0 Å². The number of aryl methyl sites for hydroxylation is 2. The minimum Gasteiger partial charge on any atom is -0.298 e. The van der Waals surface area contributed by atoms with Crippen molar-refractivity contribution in [2.45, 2.75) is 45.8 Å². The van der Waals surface area contributed by atoms with Gasteiger partial charge in [0, 0.05) is 11.2 Å². The molecular formula is C15H22OS. The molecule has 0 fully saturated rings. The van der Waals surface area contributed by atoms with Crippen molar-refractivity contribution < 1.29 is 4.79 Å². The summed E-state index contributed by atoms with van der Waals surface area (Å²) in [5.41, 5.74) is 3.68. The molecular weight excluding hydrogens is 228 g/mol. The monoisotopic (exact) mass is 250 g/mol. The summed E-state index contributed by atoms with van der Waals surface area (Å²) in [5, 5.41) is 0. The Morgan fingerprint density at radius 2 is 1.82 bits per heavy atom. The first kappa shape index (κ1) is 14.3. The van der Waals surface area contributed by atoms with E-state index in [1.165, 1.54) is 11.1 Å².